The van der Waals surface area contributed by atoms with Crippen LogP contribution >= 0.6 is 0 Å². The molecule has 0 atom stereocenters. The number of anilines is 2. The van der Waals surface area contributed by atoms with Crippen LogP contribution in [0, 0.1) is 0 Å². The number of aryl methyl sites for hydroxylation is 1. The van der Waals surface area contributed by atoms with E-state index in [0.717, 1.165) is 11.4 Å². The first-order valence-electron chi connectivity index (χ1n) is 5.35. The molecule has 0 aromatic carbocycles. The Kier molecular flexibility index (Phi) is 5.57. The molecule has 0 bridgehead atoms. The van der Waals surface area contributed by atoms with Gasteiger partial charge in [-0.1, -0.05) is 6.07 Å². The Labute approximate surface area is 124 Å². The SMILES string of the molecule is C[n+]1ccc(/C=C/Nc2cccc(N)n2)cc1.[I-]. The maximum atomic E-state index is 5.58. The van der Waals surface area contributed by atoms with Gasteiger partial charge >= 0.3 is 0 Å². The van der Waals surface area contributed by atoms with Crippen molar-refractivity contribution in [2.75, 3.05) is 11.1 Å². The van der Waals surface area contributed by atoms with Crippen LogP contribution in [0.3, 0.4) is 0 Å². The molecule has 94 valence electrons. The topological polar surface area (TPSA) is 54.8 Å². The lowest BCUT2D eigenvalue weighted by Gasteiger charge is -1.99. The van der Waals surface area contributed by atoms with Crippen LogP contribution < -0.4 is 39.6 Å². The van der Waals surface area contributed by atoms with E-state index in [4.69, 9.17) is 5.73 Å². The Balaban J connectivity index is 0.00000162. The average molecular weight is 354 g/mol. The Hall–Kier alpha value is -1.63. The summed E-state index contributed by atoms with van der Waals surface area (Å²) in [7, 11) is 1.99. The zero-order valence-corrected chi connectivity index (χ0v) is 12.2. The highest BCUT2D eigenvalue weighted by molar-refractivity contribution is 5.53. The molecule has 2 aromatic heterocycles. The fourth-order valence-corrected chi connectivity index (χ4v) is 1.38. The van der Waals surface area contributed by atoms with Crippen molar-refractivity contribution in [3.8, 4) is 0 Å². The quantitative estimate of drug-likeness (QED) is 0.525. The second kappa shape index (κ2) is 6.95. The third kappa shape index (κ3) is 4.33. The molecule has 0 aliphatic heterocycles. The monoisotopic (exact) mass is 354 g/mol. The minimum atomic E-state index is 0. The highest BCUT2D eigenvalue weighted by Gasteiger charge is 1.92. The predicted octanol–water partition coefficient (Wildman–Crippen LogP) is -1.42. The third-order valence-electron chi connectivity index (χ3n) is 2.28. The molecule has 0 aliphatic rings. The molecule has 3 N–H and O–H groups in total. The van der Waals surface area contributed by atoms with E-state index in [1.807, 2.05) is 60.5 Å². The van der Waals surface area contributed by atoms with Crippen molar-refractivity contribution in [3.63, 3.8) is 0 Å². The first-order valence-corrected chi connectivity index (χ1v) is 5.35. The predicted molar refractivity (Wildman–Crippen MR) is 68.9 cm³/mol. The van der Waals surface area contributed by atoms with Crippen LogP contribution in [0.5, 0.6) is 0 Å². The van der Waals surface area contributed by atoms with E-state index < -0.39 is 0 Å². The normalized spacial score (nSPS) is 10.1. The second-order valence-electron chi connectivity index (χ2n) is 3.72. The zero-order chi connectivity index (χ0) is 12.1. The Bertz CT molecular complexity index is 523. The summed E-state index contributed by atoms with van der Waals surface area (Å²) >= 11 is 0. The Morgan fingerprint density at radius 2 is 1.94 bits per heavy atom. The standard InChI is InChI=1S/C13H14N4.HI/c1-17-9-6-11(7-10-17)5-8-15-13-4-2-3-12(14)16-13;/h2-10H,1H3,(H2,14,16);1H. The summed E-state index contributed by atoms with van der Waals surface area (Å²) in [6.45, 7) is 0. The van der Waals surface area contributed by atoms with Crippen LogP contribution in [0.4, 0.5) is 11.6 Å². The van der Waals surface area contributed by atoms with Crippen LogP contribution in [-0.2, 0) is 7.05 Å². The van der Waals surface area contributed by atoms with E-state index >= 15 is 0 Å². The summed E-state index contributed by atoms with van der Waals surface area (Å²) in [5.41, 5.74) is 6.70. The molecule has 18 heavy (non-hydrogen) atoms. The van der Waals surface area contributed by atoms with Gasteiger partial charge in [-0.2, -0.15) is 0 Å². The number of hydrogen-bond acceptors (Lipinski definition) is 3. The van der Waals surface area contributed by atoms with E-state index in [0.29, 0.717) is 5.82 Å². The molecular formula is C13H15IN4. The number of nitrogens with one attached hydrogen (secondary N) is 1. The van der Waals surface area contributed by atoms with Gasteiger partial charge in [0.1, 0.15) is 18.7 Å². The van der Waals surface area contributed by atoms with Crippen LogP contribution in [-0.4, -0.2) is 4.98 Å². The van der Waals surface area contributed by atoms with Gasteiger partial charge in [-0.25, -0.2) is 9.55 Å². The second-order valence-corrected chi connectivity index (χ2v) is 3.72. The summed E-state index contributed by atoms with van der Waals surface area (Å²) in [5, 5.41) is 3.07. The van der Waals surface area contributed by atoms with E-state index in [-0.39, 0.29) is 24.0 Å². The lowest BCUT2D eigenvalue weighted by atomic mass is 10.2. The number of halogens is 1. The van der Waals surface area contributed by atoms with Gasteiger partial charge in [0.2, 0.25) is 0 Å². The van der Waals surface area contributed by atoms with E-state index in [2.05, 4.69) is 10.3 Å². The van der Waals surface area contributed by atoms with Gasteiger partial charge in [-0.05, 0) is 23.8 Å². The zero-order valence-electron chi connectivity index (χ0n) is 10.0. The van der Waals surface area contributed by atoms with Crippen molar-refractivity contribution >= 4 is 17.7 Å². The molecule has 0 saturated heterocycles. The molecule has 0 spiro atoms. The van der Waals surface area contributed by atoms with Gasteiger partial charge in [0, 0.05) is 18.3 Å². The highest BCUT2D eigenvalue weighted by atomic mass is 127. The molecule has 2 heterocycles. The van der Waals surface area contributed by atoms with Gasteiger partial charge < -0.3 is 35.0 Å². The van der Waals surface area contributed by atoms with E-state index in [1.54, 1.807) is 6.07 Å². The van der Waals surface area contributed by atoms with Crippen LogP contribution in [0.15, 0.2) is 48.9 Å². The van der Waals surface area contributed by atoms with Crippen molar-refractivity contribution in [2.45, 2.75) is 0 Å². The fourth-order valence-electron chi connectivity index (χ4n) is 1.38. The minimum absolute atomic E-state index is 0. The van der Waals surface area contributed by atoms with Crippen molar-refractivity contribution in [3.05, 3.63) is 54.5 Å². The van der Waals surface area contributed by atoms with Crippen molar-refractivity contribution < 1.29 is 28.5 Å². The lowest BCUT2D eigenvalue weighted by Crippen LogP contribution is -3.00. The summed E-state index contributed by atoms with van der Waals surface area (Å²) in [6, 6.07) is 9.55. The van der Waals surface area contributed by atoms with Crippen LogP contribution in [0.1, 0.15) is 5.56 Å². The summed E-state index contributed by atoms with van der Waals surface area (Å²) in [4.78, 5) is 4.13. The molecule has 2 rings (SSSR count). The van der Waals surface area contributed by atoms with Crippen molar-refractivity contribution in [2.24, 2.45) is 7.05 Å². The van der Waals surface area contributed by atoms with Crippen molar-refractivity contribution in [1.29, 1.82) is 0 Å². The van der Waals surface area contributed by atoms with Gasteiger partial charge in [0.05, 0.1) is 0 Å². The number of nitrogens with zero attached hydrogens (tertiary/aromatic N) is 2. The number of rotatable bonds is 3. The number of nitrogen functional groups attached to an aromatic ring is 1. The number of aromatic nitrogens is 2. The molecule has 4 nitrogen and oxygen atoms in total. The average Bonchev–Trinajstić information content (AvgIpc) is 2.32. The third-order valence-corrected chi connectivity index (χ3v) is 2.28. The fraction of sp³-hybridized carbons (Fsp3) is 0.0769. The molecule has 2 aromatic rings. The largest absolute Gasteiger partial charge is 1.00 e. The molecule has 0 aliphatic carbocycles. The number of nitrogens with two attached hydrogens (primary N) is 1. The smallest absolute Gasteiger partial charge is 0.169 e. The van der Waals surface area contributed by atoms with Gasteiger partial charge in [0.25, 0.3) is 0 Å². The summed E-state index contributed by atoms with van der Waals surface area (Å²) < 4.78 is 1.99. The maximum Gasteiger partial charge on any atom is 0.169 e. The maximum absolute atomic E-state index is 5.58. The van der Waals surface area contributed by atoms with Crippen LogP contribution in [0.2, 0.25) is 0 Å². The van der Waals surface area contributed by atoms with Crippen LogP contribution in [0.25, 0.3) is 6.08 Å². The Morgan fingerprint density at radius 3 is 2.61 bits per heavy atom. The molecule has 0 unspecified atom stereocenters. The number of hydrogen-bond donors (Lipinski definition) is 2. The van der Waals surface area contributed by atoms with Gasteiger partial charge in [-0.3, -0.25) is 0 Å². The first kappa shape index (κ1) is 14.4. The number of pyridine rings is 2. The minimum Gasteiger partial charge on any atom is -1.00 e. The molecule has 0 radical (unpaired) electrons. The van der Waals surface area contributed by atoms with E-state index in [9.17, 15) is 0 Å². The summed E-state index contributed by atoms with van der Waals surface area (Å²) in [6.07, 6.45) is 7.82. The lowest BCUT2D eigenvalue weighted by molar-refractivity contribution is -0.671. The summed E-state index contributed by atoms with van der Waals surface area (Å²) in [5.74, 6) is 1.25. The Morgan fingerprint density at radius 1 is 1.22 bits per heavy atom. The van der Waals surface area contributed by atoms with E-state index in [1.165, 1.54) is 0 Å². The first-order chi connectivity index (χ1) is 8.24. The highest BCUT2D eigenvalue weighted by Crippen LogP contribution is 2.06. The van der Waals surface area contributed by atoms with Gasteiger partial charge in [-0.15, -0.1) is 0 Å². The van der Waals surface area contributed by atoms with Crippen molar-refractivity contribution in [1.82, 2.24) is 4.98 Å². The molecule has 0 saturated carbocycles. The molecule has 5 heteroatoms. The molecule has 0 amide bonds. The molecule has 0 fully saturated rings. The van der Waals surface area contributed by atoms with Gasteiger partial charge in [0.15, 0.2) is 12.4 Å². The molecular weight excluding hydrogens is 339 g/mol.